The Kier molecular flexibility index (Phi) is 4.51. The predicted molar refractivity (Wildman–Crippen MR) is 77.1 cm³/mol. The maximum absolute atomic E-state index is 10.9. The molecule has 0 aliphatic heterocycles. The average Bonchev–Trinajstić information content (AvgIpc) is 2.25. The summed E-state index contributed by atoms with van der Waals surface area (Å²) in [5.74, 6) is 0.0207. The van der Waals surface area contributed by atoms with Crippen molar-refractivity contribution in [3.8, 4) is 5.75 Å². The lowest BCUT2D eigenvalue weighted by molar-refractivity contribution is 0.0852. The molecule has 0 spiro atoms. The Morgan fingerprint density at radius 1 is 1.33 bits per heavy atom. The number of aldehydes is 1. The van der Waals surface area contributed by atoms with Crippen LogP contribution in [-0.2, 0) is 4.65 Å². The van der Waals surface area contributed by atoms with E-state index < -0.39 is 5.60 Å². The summed E-state index contributed by atoms with van der Waals surface area (Å²) >= 11 is 4.48. The molecule has 0 saturated carbocycles. The van der Waals surface area contributed by atoms with Gasteiger partial charge in [0.25, 0.3) is 0 Å². The number of aromatic hydroxyl groups is 1. The van der Waals surface area contributed by atoms with Crippen LogP contribution in [0.25, 0.3) is 0 Å². The quantitative estimate of drug-likeness (QED) is 0.486. The first kappa shape index (κ1) is 15.1. The Hall–Kier alpha value is -0.935. The van der Waals surface area contributed by atoms with E-state index in [0.29, 0.717) is 17.3 Å². The van der Waals surface area contributed by atoms with E-state index in [1.807, 2.05) is 27.7 Å². The fourth-order valence-corrected chi connectivity index (χ4v) is 1.20. The molecule has 0 aliphatic rings. The molecule has 0 atom stereocenters. The second-order valence-electron chi connectivity index (χ2n) is 5.20. The molecule has 0 aliphatic carbocycles. The zero-order chi connectivity index (χ0) is 14.0. The first-order valence-corrected chi connectivity index (χ1v) is 6.14. The second kappa shape index (κ2) is 5.37. The number of rotatable bonds is 5. The van der Waals surface area contributed by atoms with Gasteiger partial charge in [0.1, 0.15) is 12.0 Å². The molecule has 1 aromatic rings. The summed E-state index contributed by atoms with van der Waals surface area (Å²) in [7, 11) is 1.41. The number of hydrogen-bond acceptors (Lipinski definition) is 4. The SMILES string of the molecule is CC(C)(S)C(C)(C)O[B]c1c(O)cccc1C=O. The highest BCUT2D eigenvalue weighted by atomic mass is 32.1. The van der Waals surface area contributed by atoms with Gasteiger partial charge in [-0.2, -0.15) is 12.6 Å². The highest BCUT2D eigenvalue weighted by molar-refractivity contribution is 7.81. The molecule has 0 fully saturated rings. The molecule has 97 valence electrons. The van der Waals surface area contributed by atoms with Crippen LogP contribution in [0.3, 0.4) is 0 Å². The summed E-state index contributed by atoms with van der Waals surface area (Å²) < 4.78 is 5.32. The van der Waals surface area contributed by atoms with Crippen molar-refractivity contribution < 1.29 is 14.6 Å². The maximum atomic E-state index is 10.9. The van der Waals surface area contributed by atoms with Gasteiger partial charge in [0.2, 0.25) is 0 Å². The van der Waals surface area contributed by atoms with E-state index in [-0.39, 0.29) is 10.5 Å². The van der Waals surface area contributed by atoms with Gasteiger partial charge in [-0.15, -0.1) is 0 Å². The molecular weight excluding hydrogens is 247 g/mol. The second-order valence-corrected chi connectivity index (χ2v) is 6.32. The number of thiol groups is 1. The minimum absolute atomic E-state index is 0.0207. The van der Waals surface area contributed by atoms with Crippen molar-refractivity contribution in [3.63, 3.8) is 0 Å². The maximum Gasteiger partial charge on any atom is 0.335 e. The number of benzene rings is 1. The van der Waals surface area contributed by atoms with Gasteiger partial charge in [-0.3, -0.25) is 4.79 Å². The number of phenolic OH excluding ortho intramolecular Hbond substituents is 1. The normalized spacial score (nSPS) is 12.3. The standard InChI is InChI=1S/C13H18BO3S/c1-12(2,13(3,4)18)17-14-11-9(8-15)6-5-7-10(11)16/h5-8,16,18H,1-4H3. The third-order valence-corrected chi connectivity index (χ3v) is 3.73. The largest absolute Gasteiger partial charge is 0.508 e. The van der Waals surface area contributed by atoms with Crippen molar-refractivity contribution in [2.45, 2.75) is 38.0 Å². The van der Waals surface area contributed by atoms with E-state index in [1.54, 1.807) is 12.1 Å². The van der Waals surface area contributed by atoms with Crippen LogP contribution in [0, 0.1) is 0 Å². The van der Waals surface area contributed by atoms with Crippen LogP contribution >= 0.6 is 12.6 Å². The van der Waals surface area contributed by atoms with Gasteiger partial charge in [0, 0.05) is 10.3 Å². The van der Waals surface area contributed by atoms with Gasteiger partial charge in [0.05, 0.1) is 5.60 Å². The summed E-state index contributed by atoms with van der Waals surface area (Å²) in [5, 5.41) is 9.73. The Balaban J connectivity index is 2.91. The van der Waals surface area contributed by atoms with E-state index >= 15 is 0 Å². The number of carbonyl (C=O) groups excluding carboxylic acids is 1. The van der Waals surface area contributed by atoms with Crippen LogP contribution < -0.4 is 5.46 Å². The number of carbonyl (C=O) groups is 1. The number of phenols is 1. The van der Waals surface area contributed by atoms with Crippen LogP contribution in [0.5, 0.6) is 5.75 Å². The topological polar surface area (TPSA) is 46.5 Å². The Bertz CT molecular complexity index is 438. The van der Waals surface area contributed by atoms with Crippen molar-refractivity contribution in [2.24, 2.45) is 0 Å². The molecule has 1 N–H and O–H groups in total. The Morgan fingerprint density at radius 3 is 2.44 bits per heavy atom. The molecule has 0 saturated heterocycles. The van der Waals surface area contributed by atoms with Crippen LogP contribution in [0.2, 0.25) is 0 Å². The summed E-state index contributed by atoms with van der Waals surface area (Å²) in [6, 6.07) is 4.76. The fourth-order valence-electron chi connectivity index (χ4n) is 1.15. The molecule has 0 bridgehead atoms. The first-order valence-electron chi connectivity index (χ1n) is 5.69. The van der Waals surface area contributed by atoms with Crippen LogP contribution in [0.4, 0.5) is 0 Å². The number of hydrogen-bond donors (Lipinski definition) is 2. The first-order chi connectivity index (χ1) is 8.19. The fraction of sp³-hybridized carbons (Fsp3) is 0.462. The van der Waals surface area contributed by atoms with Gasteiger partial charge in [0.15, 0.2) is 0 Å². The molecule has 1 rings (SSSR count). The van der Waals surface area contributed by atoms with Crippen molar-refractivity contribution in [2.75, 3.05) is 0 Å². The molecule has 1 aromatic carbocycles. The van der Waals surface area contributed by atoms with E-state index in [9.17, 15) is 9.90 Å². The summed E-state index contributed by atoms with van der Waals surface area (Å²) in [6.07, 6.45) is 0.688. The van der Waals surface area contributed by atoms with Gasteiger partial charge in [-0.1, -0.05) is 12.1 Å². The van der Waals surface area contributed by atoms with E-state index in [1.165, 1.54) is 13.5 Å². The summed E-state index contributed by atoms with van der Waals surface area (Å²) in [4.78, 5) is 10.9. The van der Waals surface area contributed by atoms with Crippen LogP contribution in [0.1, 0.15) is 38.1 Å². The Morgan fingerprint density at radius 2 is 1.94 bits per heavy atom. The van der Waals surface area contributed by atoms with Gasteiger partial charge >= 0.3 is 7.48 Å². The molecule has 3 nitrogen and oxygen atoms in total. The van der Waals surface area contributed by atoms with Crippen molar-refractivity contribution in [3.05, 3.63) is 23.8 Å². The van der Waals surface area contributed by atoms with Gasteiger partial charge in [-0.25, -0.2) is 0 Å². The molecule has 5 heteroatoms. The predicted octanol–water partition coefficient (Wildman–Crippen LogP) is 1.95. The zero-order valence-corrected chi connectivity index (χ0v) is 12.0. The van der Waals surface area contributed by atoms with Gasteiger partial charge < -0.3 is 9.76 Å². The lowest BCUT2D eigenvalue weighted by Crippen LogP contribution is -2.46. The lowest BCUT2D eigenvalue weighted by Gasteiger charge is -2.38. The zero-order valence-electron chi connectivity index (χ0n) is 11.1. The summed E-state index contributed by atoms with van der Waals surface area (Å²) in [5.41, 5.74) is 0.236. The molecular formula is C13H18BO3S. The van der Waals surface area contributed by atoms with Crippen LogP contribution in [0.15, 0.2) is 18.2 Å². The molecule has 1 radical (unpaired) electrons. The van der Waals surface area contributed by atoms with E-state index in [0.717, 1.165) is 0 Å². The van der Waals surface area contributed by atoms with E-state index in [2.05, 4.69) is 12.6 Å². The molecule has 18 heavy (non-hydrogen) atoms. The molecule has 0 unspecified atom stereocenters. The third-order valence-electron chi connectivity index (χ3n) is 3.19. The van der Waals surface area contributed by atoms with Crippen molar-refractivity contribution in [1.82, 2.24) is 0 Å². The van der Waals surface area contributed by atoms with E-state index in [4.69, 9.17) is 4.65 Å². The highest BCUT2D eigenvalue weighted by Gasteiger charge is 2.35. The minimum atomic E-state index is -0.543. The minimum Gasteiger partial charge on any atom is -0.508 e. The van der Waals surface area contributed by atoms with Crippen molar-refractivity contribution in [1.29, 1.82) is 0 Å². The van der Waals surface area contributed by atoms with Crippen molar-refractivity contribution >= 4 is 31.9 Å². The van der Waals surface area contributed by atoms with Crippen LogP contribution in [-0.4, -0.2) is 29.2 Å². The average molecular weight is 265 g/mol. The summed E-state index contributed by atoms with van der Waals surface area (Å²) in [6.45, 7) is 7.68. The van der Waals surface area contributed by atoms with Gasteiger partial charge in [-0.05, 0) is 39.2 Å². The highest BCUT2D eigenvalue weighted by Crippen LogP contribution is 2.30. The third kappa shape index (κ3) is 3.30. The lowest BCUT2D eigenvalue weighted by atomic mass is 9.80. The molecule has 0 heterocycles. The Labute approximate surface area is 114 Å². The molecule has 0 aromatic heterocycles. The monoisotopic (exact) mass is 265 g/mol. The molecule has 0 amide bonds. The smallest absolute Gasteiger partial charge is 0.335 e.